The molecule has 0 bridgehead atoms. The number of unbranched alkanes of at least 4 members (excludes halogenated alkanes) is 4. The van der Waals surface area contributed by atoms with Gasteiger partial charge in [-0.1, -0.05) is 18.9 Å². The van der Waals surface area contributed by atoms with Crippen molar-refractivity contribution in [3.05, 3.63) is 23.8 Å². The lowest BCUT2D eigenvalue weighted by atomic mass is 10.1. The Labute approximate surface area is 143 Å². The highest BCUT2D eigenvalue weighted by Crippen LogP contribution is 2.31. The standard InChI is InChI=1S/C19H27NO4/c1-15(20-19(22)7-5-3-2-4-6-10-21)13-16-8-9-17-18(14-16)24-12-11-23-17/h8-10,14-15H,2-7,11-13H2,1H3,(H,20,22). The predicted molar refractivity (Wildman–Crippen MR) is 92.5 cm³/mol. The lowest BCUT2D eigenvalue weighted by Gasteiger charge is -2.20. The van der Waals surface area contributed by atoms with E-state index in [1.807, 2.05) is 25.1 Å². The Balaban J connectivity index is 1.67. The van der Waals surface area contributed by atoms with Crippen LogP contribution in [0.3, 0.4) is 0 Å². The molecule has 1 unspecified atom stereocenters. The minimum absolute atomic E-state index is 0.0788. The minimum atomic E-state index is 0.0788. The van der Waals surface area contributed by atoms with Crippen LogP contribution in [0.5, 0.6) is 11.5 Å². The number of ether oxygens (including phenoxy) is 2. The molecule has 0 radical (unpaired) electrons. The van der Waals surface area contributed by atoms with Crippen LogP contribution in [0, 0.1) is 0 Å². The van der Waals surface area contributed by atoms with Gasteiger partial charge < -0.3 is 19.6 Å². The van der Waals surface area contributed by atoms with E-state index in [0.717, 1.165) is 55.5 Å². The van der Waals surface area contributed by atoms with Gasteiger partial charge in [0.15, 0.2) is 11.5 Å². The van der Waals surface area contributed by atoms with Crippen LogP contribution >= 0.6 is 0 Å². The molecule has 5 nitrogen and oxygen atoms in total. The zero-order valence-corrected chi connectivity index (χ0v) is 14.4. The first-order chi connectivity index (χ1) is 11.7. The molecule has 1 aliphatic heterocycles. The molecule has 1 amide bonds. The second-order valence-corrected chi connectivity index (χ2v) is 6.27. The van der Waals surface area contributed by atoms with Crippen molar-refractivity contribution in [2.24, 2.45) is 0 Å². The summed E-state index contributed by atoms with van der Waals surface area (Å²) in [5, 5.41) is 3.04. The molecule has 1 N–H and O–H groups in total. The Morgan fingerprint density at radius 3 is 2.71 bits per heavy atom. The maximum absolute atomic E-state index is 12.0. The number of fused-ring (bicyclic) bond motifs is 1. The van der Waals surface area contributed by atoms with Crippen molar-refractivity contribution in [2.45, 2.75) is 57.9 Å². The maximum atomic E-state index is 12.0. The zero-order valence-electron chi connectivity index (χ0n) is 14.4. The molecule has 0 aromatic heterocycles. The number of carbonyl (C=O) groups excluding carboxylic acids is 2. The van der Waals surface area contributed by atoms with E-state index in [1.54, 1.807) is 0 Å². The highest BCUT2D eigenvalue weighted by atomic mass is 16.6. The van der Waals surface area contributed by atoms with E-state index in [9.17, 15) is 9.59 Å². The van der Waals surface area contributed by atoms with Crippen LogP contribution in [0.15, 0.2) is 18.2 Å². The third-order valence-electron chi connectivity index (χ3n) is 4.03. The van der Waals surface area contributed by atoms with Gasteiger partial charge >= 0.3 is 0 Å². The number of amides is 1. The summed E-state index contributed by atoms with van der Waals surface area (Å²) < 4.78 is 11.1. The van der Waals surface area contributed by atoms with Crippen molar-refractivity contribution in [3.8, 4) is 11.5 Å². The van der Waals surface area contributed by atoms with Gasteiger partial charge in [-0.3, -0.25) is 4.79 Å². The summed E-state index contributed by atoms with van der Waals surface area (Å²) in [5.41, 5.74) is 1.13. The van der Waals surface area contributed by atoms with Crippen LogP contribution in [0.2, 0.25) is 0 Å². The van der Waals surface area contributed by atoms with Gasteiger partial charge in [-0.15, -0.1) is 0 Å². The monoisotopic (exact) mass is 333 g/mol. The molecule has 5 heteroatoms. The van der Waals surface area contributed by atoms with Crippen molar-refractivity contribution in [2.75, 3.05) is 13.2 Å². The number of aldehydes is 1. The average Bonchev–Trinajstić information content (AvgIpc) is 2.57. The van der Waals surface area contributed by atoms with Gasteiger partial charge in [-0.2, -0.15) is 0 Å². The fraction of sp³-hybridized carbons (Fsp3) is 0.579. The van der Waals surface area contributed by atoms with Crippen LogP contribution in [0.4, 0.5) is 0 Å². The molecule has 1 atom stereocenters. The summed E-state index contributed by atoms with van der Waals surface area (Å²) in [6, 6.07) is 6.01. The normalized spacial score (nSPS) is 14.0. The highest BCUT2D eigenvalue weighted by Gasteiger charge is 2.13. The van der Waals surface area contributed by atoms with Crippen molar-refractivity contribution < 1.29 is 19.1 Å². The van der Waals surface area contributed by atoms with Crippen LogP contribution < -0.4 is 14.8 Å². The molecule has 0 saturated carbocycles. The Hall–Kier alpha value is -2.04. The first-order valence-corrected chi connectivity index (χ1v) is 8.80. The van der Waals surface area contributed by atoms with Crippen molar-refractivity contribution in [1.29, 1.82) is 0 Å². The third-order valence-corrected chi connectivity index (χ3v) is 4.03. The first kappa shape index (κ1) is 18.3. The van der Waals surface area contributed by atoms with Crippen LogP contribution in [0.1, 0.15) is 51.0 Å². The minimum Gasteiger partial charge on any atom is -0.486 e. The van der Waals surface area contributed by atoms with Gasteiger partial charge in [0.1, 0.15) is 19.5 Å². The van der Waals surface area contributed by atoms with Gasteiger partial charge in [0.2, 0.25) is 5.91 Å². The summed E-state index contributed by atoms with van der Waals surface area (Å²) >= 11 is 0. The van der Waals surface area contributed by atoms with E-state index in [-0.39, 0.29) is 11.9 Å². The lowest BCUT2D eigenvalue weighted by molar-refractivity contribution is -0.121. The molecular weight excluding hydrogens is 306 g/mol. The van der Waals surface area contributed by atoms with Gasteiger partial charge in [0.25, 0.3) is 0 Å². The summed E-state index contributed by atoms with van der Waals surface area (Å²) in [4.78, 5) is 22.2. The largest absolute Gasteiger partial charge is 0.486 e. The number of hydrogen-bond acceptors (Lipinski definition) is 4. The fourth-order valence-electron chi connectivity index (χ4n) is 2.83. The molecule has 1 heterocycles. The molecule has 2 rings (SSSR count). The Kier molecular flexibility index (Phi) is 7.59. The summed E-state index contributed by atoms with van der Waals surface area (Å²) in [7, 11) is 0. The van der Waals surface area contributed by atoms with Gasteiger partial charge in [0.05, 0.1) is 0 Å². The molecule has 24 heavy (non-hydrogen) atoms. The number of benzene rings is 1. The number of rotatable bonds is 10. The average molecular weight is 333 g/mol. The van der Waals surface area contributed by atoms with Crippen molar-refractivity contribution >= 4 is 12.2 Å². The second-order valence-electron chi connectivity index (χ2n) is 6.27. The van der Waals surface area contributed by atoms with Crippen LogP contribution in [-0.4, -0.2) is 31.4 Å². The summed E-state index contributed by atoms with van der Waals surface area (Å²) in [6.45, 7) is 3.18. The molecule has 1 aromatic rings. The van der Waals surface area contributed by atoms with Crippen LogP contribution in [0.25, 0.3) is 0 Å². The van der Waals surface area contributed by atoms with E-state index >= 15 is 0 Å². The molecule has 1 aromatic carbocycles. The fourth-order valence-corrected chi connectivity index (χ4v) is 2.83. The van der Waals surface area contributed by atoms with E-state index in [0.29, 0.717) is 26.1 Å². The molecule has 0 fully saturated rings. The van der Waals surface area contributed by atoms with Gasteiger partial charge in [-0.25, -0.2) is 0 Å². The van der Waals surface area contributed by atoms with E-state index in [4.69, 9.17) is 9.47 Å². The molecular formula is C19H27NO4. The number of nitrogens with one attached hydrogen (secondary N) is 1. The van der Waals surface area contributed by atoms with Crippen molar-refractivity contribution in [1.82, 2.24) is 5.32 Å². The Bertz CT molecular complexity index is 544. The third kappa shape index (κ3) is 6.22. The lowest BCUT2D eigenvalue weighted by Crippen LogP contribution is -2.33. The number of hydrogen-bond donors (Lipinski definition) is 1. The molecule has 0 spiro atoms. The van der Waals surface area contributed by atoms with Crippen molar-refractivity contribution in [3.63, 3.8) is 0 Å². The maximum Gasteiger partial charge on any atom is 0.220 e. The smallest absolute Gasteiger partial charge is 0.220 e. The van der Waals surface area contributed by atoms with Crippen LogP contribution in [-0.2, 0) is 16.0 Å². The topological polar surface area (TPSA) is 64.6 Å². The van der Waals surface area contributed by atoms with Gasteiger partial charge in [0, 0.05) is 18.9 Å². The Morgan fingerprint density at radius 1 is 1.17 bits per heavy atom. The van der Waals surface area contributed by atoms with E-state index in [2.05, 4.69) is 5.32 Å². The zero-order chi connectivity index (χ0) is 17.2. The molecule has 0 saturated heterocycles. The van der Waals surface area contributed by atoms with E-state index < -0.39 is 0 Å². The quantitative estimate of drug-likeness (QED) is 0.528. The second kappa shape index (κ2) is 9.96. The van der Waals surface area contributed by atoms with Gasteiger partial charge in [-0.05, 0) is 43.9 Å². The van der Waals surface area contributed by atoms with E-state index in [1.165, 1.54) is 0 Å². The SMILES string of the molecule is CC(Cc1ccc2c(c1)OCCO2)NC(=O)CCCCCCC=O. The molecule has 0 aliphatic carbocycles. The number of carbonyl (C=O) groups is 2. The molecule has 132 valence electrons. The predicted octanol–water partition coefficient (Wildman–Crippen LogP) is 3.04. The highest BCUT2D eigenvalue weighted by molar-refractivity contribution is 5.76. The summed E-state index contributed by atoms with van der Waals surface area (Å²) in [6.07, 6.45) is 6.70. The first-order valence-electron chi connectivity index (χ1n) is 8.80. The molecule has 1 aliphatic rings. The summed E-state index contributed by atoms with van der Waals surface area (Å²) in [5.74, 6) is 1.67. The Morgan fingerprint density at radius 2 is 1.92 bits per heavy atom.